The molecule has 2 aromatic carbocycles. The van der Waals surface area contributed by atoms with E-state index in [4.69, 9.17) is 0 Å². The van der Waals surface area contributed by atoms with Gasteiger partial charge in [0, 0.05) is 22.2 Å². The smallest absolute Gasteiger partial charge is 0.173 e. The van der Waals surface area contributed by atoms with Gasteiger partial charge in [-0.25, -0.2) is 4.57 Å². The summed E-state index contributed by atoms with van der Waals surface area (Å²) in [5.74, 6) is 0.287. The van der Waals surface area contributed by atoms with Gasteiger partial charge in [-0.1, -0.05) is 52.3 Å². The van der Waals surface area contributed by atoms with Crippen LogP contribution in [0.3, 0.4) is 0 Å². The average molecular weight is 447 g/mol. The molecule has 1 aromatic heterocycles. The van der Waals surface area contributed by atoms with Gasteiger partial charge in [0.2, 0.25) is 0 Å². The first-order chi connectivity index (χ1) is 11.2. The molecule has 4 heteroatoms. The van der Waals surface area contributed by atoms with Crippen LogP contribution in [0.1, 0.15) is 16.7 Å². The highest BCUT2D eigenvalue weighted by Gasteiger charge is 2.02. The molecule has 0 saturated carbocycles. The van der Waals surface area contributed by atoms with Crippen molar-refractivity contribution < 1.29 is 26.7 Å². The minimum Gasteiger partial charge on any atom is -1.00 e. The zero-order chi connectivity index (χ0) is 16.1. The Bertz CT molecular complexity index is 812. The Morgan fingerprint density at radius 1 is 0.875 bits per heavy atom. The third kappa shape index (κ3) is 5.32. The van der Waals surface area contributed by atoms with E-state index >= 15 is 0 Å². The van der Waals surface area contributed by atoms with E-state index in [1.807, 2.05) is 24.3 Å². The zero-order valence-corrected chi connectivity index (χ0v) is 16.1. The van der Waals surface area contributed by atoms with E-state index in [1.54, 1.807) is 12.1 Å². The second kappa shape index (κ2) is 8.81. The van der Waals surface area contributed by atoms with E-state index < -0.39 is 0 Å². The molecular weight excluding hydrogens is 430 g/mol. The summed E-state index contributed by atoms with van der Waals surface area (Å²) in [5, 5.41) is 9.28. The van der Waals surface area contributed by atoms with E-state index in [2.05, 4.69) is 69.3 Å². The third-order valence-corrected chi connectivity index (χ3v) is 4.03. The van der Waals surface area contributed by atoms with Gasteiger partial charge < -0.3 is 22.1 Å². The lowest BCUT2D eigenvalue weighted by Gasteiger charge is -1.99. The van der Waals surface area contributed by atoms with Crippen LogP contribution in [0.4, 0.5) is 0 Å². The normalized spacial score (nSPS) is 10.5. The molecule has 1 N–H and O–H groups in total. The predicted molar refractivity (Wildman–Crippen MR) is 96.9 cm³/mol. The van der Waals surface area contributed by atoms with Crippen molar-refractivity contribution in [1.29, 1.82) is 0 Å². The van der Waals surface area contributed by atoms with Crippen molar-refractivity contribution in [2.45, 2.75) is 6.54 Å². The van der Waals surface area contributed by atoms with Gasteiger partial charge >= 0.3 is 0 Å². The van der Waals surface area contributed by atoms with Crippen molar-refractivity contribution in [3.8, 4) is 5.75 Å². The quantitative estimate of drug-likeness (QED) is 0.605. The molecule has 0 bridgehead atoms. The van der Waals surface area contributed by atoms with Gasteiger partial charge in [0.05, 0.1) is 0 Å². The molecule has 0 aliphatic heterocycles. The molecule has 0 unspecified atom stereocenters. The highest BCUT2D eigenvalue weighted by atomic mass is 79.9. The first-order valence-electron chi connectivity index (χ1n) is 7.40. The summed E-state index contributed by atoms with van der Waals surface area (Å²) in [6.07, 6.45) is 8.26. The number of benzene rings is 2. The lowest BCUT2D eigenvalue weighted by atomic mass is 10.1. The molecule has 2 nitrogen and oxygen atoms in total. The number of phenolic OH excluding ortho intramolecular Hbond substituents is 1. The van der Waals surface area contributed by atoms with Crippen LogP contribution in [0.15, 0.2) is 77.5 Å². The minimum atomic E-state index is 0. The fraction of sp³-hybridized carbons (Fsp3) is 0.0500. The number of hydrogen-bond acceptors (Lipinski definition) is 1. The molecule has 0 spiro atoms. The number of halogens is 2. The van der Waals surface area contributed by atoms with Gasteiger partial charge in [0.15, 0.2) is 18.9 Å². The Morgan fingerprint density at radius 2 is 1.50 bits per heavy atom. The second-order valence-electron chi connectivity index (χ2n) is 5.36. The van der Waals surface area contributed by atoms with Crippen LogP contribution in [0, 0.1) is 0 Å². The standard InChI is InChI=1S/C20H16BrNO.BrH/c21-19-3-1-2-18(14-19)15-22-12-10-17(11-13-22)5-4-16-6-8-20(23)9-7-16;/h1-14H,15H2;1H. The van der Waals surface area contributed by atoms with Crippen molar-refractivity contribution in [1.82, 2.24) is 0 Å². The number of aromatic hydroxyl groups is 1. The SMILES string of the molecule is Oc1ccc(/C=C/c2cc[n+](Cc3cccc(Br)c3)cc2)cc1.[Br-]. The molecule has 0 amide bonds. The van der Waals surface area contributed by atoms with E-state index in [1.165, 1.54) is 5.56 Å². The molecule has 0 aliphatic carbocycles. The molecule has 0 fully saturated rings. The minimum absolute atomic E-state index is 0. The van der Waals surface area contributed by atoms with Crippen molar-refractivity contribution >= 4 is 28.1 Å². The van der Waals surface area contributed by atoms with Crippen molar-refractivity contribution in [3.05, 3.63) is 94.2 Å². The van der Waals surface area contributed by atoms with Crippen LogP contribution >= 0.6 is 15.9 Å². The van der Waals surface area contributed by atoms with Gasteiger partial charge in [-0.3, -0.25) is 0 Å². The van der Waals surface area contributed by atoms with Gasteiger partial charge in [-0.2, -0.15) is 0 Å². The maximum absolute atomic E-state index is 9.28. The average Bonchev–Trinajstić information content (AvgIpc) is 2.56. The number of hydrogen-bond donors (Lipinski definition) is 1. The Hall–Kier alpha value is -1.91. The van der Waals surface area contributed by atoms with Crippen molar-refractivity contribution in [3.63, 3.8) is 0 Å². The van der Waals surface area contributed by atoms with Crippen molar-refractivity contribution in [2.75, 3.05) is 0 Å². The molecule has 24 heavy (non-hydrogen) atoms. The number of nitrogens with zero attached hydrogens (tertiary/aromatic N) is 1. The Morgan fingerprint density at radius 3 is 2.12 bits per heavy atom. The lowest BCUT2D eigenvalue weighted by molar-refractivity contribution is -0.688. The summed E-state index contributed by atoms with van der Waals surface area (Å²) < 4.78 is 3.25. The number of aromatic nitrogens is 1. The Labute approximate surface area is 161 Å². The summed E-state index contributed by atoms with van der Waals surface area (Å²) >= 11 is 3.50. The monoisotopic (exact) mass is 445 g/mol. The molecule has 3 rings (SSSR count). The molecule has 0 atom stereocenters. The summed E-state index contributed by atoms with van der Waals surface area (Å²) in [4.78, 5) is 0. The second-order valence-corrected chi connectivity index (χ2v) is 6.27. The number of phenols is 1. The highest BCUT2D eigenvalue weighted by Crippen LogP contribution is 2.13. The van der Waals surface area contributed by atoms with Crippen LogP contribution in [-0.4, -0.2) is 5.11 Å². The number of rotatable bonds is 4. The van der Waals surface area contributed by atoms with Gasteiger partial charge in [-0.15, -0.1) is 0 Å². The summed E-state index contributed by atoms with van der Waals surface area (Å²) in [6, 6.07) is 19.7. The third-order valence-electron chi connectivity index (χ3n) is 3.53. The topological polar surface area (TPSA) is 24.1 Å². The fourth-order valence-electron chi connectivity index (χ4n) is 2.31. The summed E-state index contributed by atoms with van der Waals surface area (Å²) in [6.45, 7) is 0.849. The zero-order valence-electron chi connectivity index (χ0n) is 12.9. The lowest BCUT2D eigenvalue weighted by Crippen LogP contribution is -3.00. The first-order valence-corrected chi connectivity index (χ1v) is 8.19. The Kier molecular flexibility index (Phi) is 6.76. The highest BCUT2D eigenvalue weighted by molar-refractivity contribution is 9.10. The molecule has 0 aliphatic rings. The Balaban J connectivity index is 0.00000208. The van der Waals surface area contributed by atoms with E-state index in [-0.39, 0.29) is 22.7 Å². The first kappa shape index (κ1) is 18.4. The van der Waals surface area contributed by atoms with Crippen molar-refractivity contribution in [2.24, 2.45) is 0 Å². The molecule has 3 aromatic rings. The molecule has 122 valence electrons. The van der Waals surface area contributed by atoms with Gasteiger partial charge in [0.25, 0.3) is 0 Å². The van der Waals surface area contributed by atoms with Crippen LogP contribution < -0.4 is 21.5 Å². The predicted octanol–water partition coefficient (Wildman–Crippen LogP) is 1.66. The van der Waals surface area contributed by atoms with Crippen LogP contribution in [0.5, 0.6) is 5.75 Å². The van der Waals surface area contributed by atoms with E-state index in [0.717, 1.165) is 22.1 Å². The maximum atomic E-state index is 9.28. The molecular formula is C20H17Br2NO. The fourth-order valence-corrected chi connectivity index (χ4v) is 2.76. The molecule has 1 heterocycles. The van der Waals surface area contributed by atoms with E-state index in [9.17, 15) is 5.11 Å². The molecule has 0 radical (unpaired) electrons. The summed E-state index contributed by atoms with van der Waals surface area (Å²) in [5.41, 5.74) is 3.47. The van der Waals surface area contributed by atoms with Crippen LogP contribution in [0.25, 0.3) is 12.2 Å². The van der Waals surface area contributed by atoms with Crippen LogP contribution in [0.2, 0.25) is 0 Å². The van der Waals surface area contributed by atoms with Gasteiger partial charge in [-0.05, 0) is 35.4 Å². The maximum Gasteiger partial charge on any atom is 0.173 e. The largest absolute Gasteiger partial charge is 1.00 e. The molecule has 0 saturated heterocycles. The van der Waals surface area contributed by atoms with Crippen LogP contribution in [-0.2, 0) is 6.54 Å². The van der Waals surface area contributed by atoms with E-state index in [0.29, 0.717) is 0 Å². The summed E-state index contributed by atoms with van der Waals surface area (Å²) in [7, 11) is 0. The number of pyridine rings is 1. The van der Waals surface area contributed by atoms with Gasteiger partial charge in [0.1, 0.15) is 5.75 Å².